The molecule has 0 saturated carbocycles. The van der Waals surface area contributed by atoms with Crippen molar-refractivity contribution in [3.05, 3.63) is 35.4 Å². The van der Waals surface area contributed by atoms with Gasteiger partial charge in [0.05, 0.1) is 12.2 Å². The largest absolute Gasteiger partial charge is 0.372 e. The van der Waals surface area contributed by atoms with Crippen LogP contribution in [-0.4, -0.2) is 40.2 Å². The lowest BCUT2D eigenvalue weighted by Crippen LogP contribution is -2.46. The van der Waals surface area contributed by atoms with Gasteiger partial charge in [-0.1, -0.05) is 11.6 Å². The molecule has 2 aromatic heterocycles. The van der Waals surface area contributed by atoms with Crippen LogP contribution < -0.4 is 4.90 Å². The van der Waals surface area contributed by atoms with Crippen molar-refractivity contribution in [1.82, 2.24) is 15.0 Å². The summed E-state index contributed by atoms with van der Waals surface area (Å²) in [6.45, 7) is 7.60. The molecule has 3 rings (SSSR count). The molecule has 0 amide bonds. The van der Waals surface area contributed by atoms with Crippen molar-refractivity contribution in [2.45, 2.75) is 33.0 Å². The summed E-state index contributed by atoms with van der Waals surface area (Å²) in [5, 5.41) is 0.461. The molecule has 0 aliphatic carbocycles. The zero-order chi connectivity index (χ0) is 15.7. The van der Waals surface area contributed by atoms with Crippen LogP contribution in [0.25, 0.3) is 11.1 Å². The molecule has 1 fully saturated rings. The van der Waals surface area contributed by atoms with Crippen molar-refractivity contribution >= 4 is 17.5 Å². The van der Waals surface area contributed by atoms with Gasteiger partial charge in [-0.05, 0) is 38.5 Å². The first-order chi connectivity index (χ1) is 10.5. The smallest absolute Gasteiger partial charge is 0.226 e. The number of pyridine rings is 1. The second-order valence-electron chi connectivity index (χ2n) is 5.72. The van der Waals surface area contributed by atoms with Crippen LogP contribution in [0.5, 0.6) is 0 Å². The van der Waals surface area contributed by atoms with Crippen LogP contribution in [0, 0.1) is 6.92 Å². The van der Waals surface area contributed by atoms with E-state index in [0.29, 0.717) is 11.1 Å². The molecule has 0 bridgehead atoms. The summed E-state index contributed by atoms with van der Waals surface area (Å²) in [7, 11) is 0. The van der Waals surface area contributed by atoms with Gasteiger partial charge in [-0.25, -0.2) is 9.97 Å². The summed E-state index contributed by atoms with van der Waals surface area (Å²) >= 11 is 6.38. The molecule has 3 heterocycles. The summed E-state index contributed by atoms with van der Waals surface area (Å²) in [6, 6.07) is 3.89. The fourth-order valence-corrected chi connectivity index (χ4v) is 2.99. The van der Waals surface area contributed by atoms with Gasteiger partial charge in [0, 0.05) is 36.7 Å². The lowest BCUT2D eigenvalue weighted by Gasteiger charge is -2.35. The van der Waals surface area contributed by atoms with Crippen molar-refractivity contribution in [2.75, 3.05) is 18.0 Å². The van der Waals surface area contributed by atoms with Crippen LogP contribution in [0.1, 0.15) is 19.5 Å². The predicted molar refractivity (Wildman–Crippen MR) is 87.2 cm³/mol. The molecule has 6 heteroatoms. The third-order valence-electron chi connectivity index (χ3n) is 3.64. The average Bonchev–Trinajstić information content (AvgIpc) is 2.46. The second kappa shape index (κ2) is 6.18. The Morgan fingerprint density at radius 1 is 1.23 bits per heavy atom. The Morgan fingerprint density at radius 3 is 2.59 bits per heavy atom. The molecule has 5 nitrogen and oxygen atoms in total. The summed E-state index contributed by atoms with van der Waals surface area (Å²) in [5.74, 6) is 0.654. The first-order valence-corrected chi connectivity index (χ1v) is 7.76. The Hall–Kier alpha value is -1.72. The van der Waals surface area contributed by atoms with Gasteiger partial charge >= 0.3 is 0 Å². The molecule has 2 atom stereocenters. The van der Waals surface area contributed by atoms with Crippen LogP contribution in [0.4, 0.5) is 5.95 Å². The molecule has 0 radical (unpaired) electrons. The Kier molecular flexibility index (Phi) is 4.27. The van der Waals surface area contributed by atoms with Crippen LogP contribution >= 0.6 is 11.6 Å². The monoisotopic (exact) mass is 318 g/mol. The summed E-state index contributed by atoms with van der Waals surface area (Å²) < 4.78 is 5.74. The number of halogens is 1. The van der Waals surface area contributed by atoms with E-state index in [9.17, 15) is 0 Å². The second-order valence-corrected chi connectivity index (χ2v) is 6.08. The molecule has 0 aromatic carbocycles. The number of morpholine rings is 1. The summed E-state index contributed by atoms with van der Waals surface area (Å²) in [5.41, 5.74) is 2.74. The number of rotatable bonds is 2. The van der Waals surface area contributed by atoms with Gasteiger partial charge in [-0.15, -0.1) is 0 Å². The first kappa shape index (κ1) is 15.2. The van der Waals surface area contributed by atoms with Gasteiger partial charge in [0.2, 0.25) is 5.95 Å². The summed E-state index contributed by atoms with van der Waals surface area (Å²) in [6.07, 6.45) is 3.87. The Bertz CT molecular complexity index is 669. The highest BCUT2D eigenvalue weighted by atomic mass is 35.5. The number of nitrogens with zero attached hydrogens (tertiary/aromatic N) is 4. The summed E-state index contributed by atoms with van der Waals surface area (Å²) in [4.78, 5) is 15.3. The number of anilines is 1. The molecule has 0 N–H and O–H groups in total. The number of hydrogen-bond acceptors (Lipinski definition) is 5. The molecule has 22 heavy (non-hydrogen) atoms. The maximum Gasteiger partial charge on any atom is 0.226 e. The van der Waals surface area contributed by atoms with Crippen molar-refractivity contribution < 1.29 is 4.74 Å². The van der Waals surface area contributed by atoms with Crippen LogP contribution in [0.2, 0.25) is 5.15 Å². The van der Waals surface area contributed by atoms with E-state index < -0.39 is 0 Å². The minimum atomic E-state index is 0.161. The normalized spacial score (nSPS) is 21.9. The van der Waals surface area contributed by atoms with Crippen molar-refractivity contribution in [1.29, 1.82) is 0 Å². The third-order valence-corrected chi connectivity index (χ3v) is 3.93. The fraction of sp³-hybridized carbons (Fsp3) is 0.438. The zero-order valence-electron chi connectivity index (χ0n) is 13.0. The molecular weight excluding hydrogens is 300 g/mol. The van der Waals surface area contributed by atoms with Crippen molar-refractivity contribution in [3.8, 4) is 11.1 Å². The van der Waals surface area contributed by atoms with Gasteiger partial charge < -0.3 is 9.64 Å². The quantitative estimate of drug-likeness (QED) is 0.796. The minimum Gasteiger partial charge on any atom is -0.372 e. The maximum atomic E-state index is 6.38. The van der Waals surface area contributed by atoms with Crippen LogP contribution in [0.15, 0.2) is 24.5 Å². The van der Waals surface area contributed by atoms with E-state index in [1.165, 1.54) is 0 Å². The number of aryl methyl sites for hydroxylation is 1. The Morgan fingerprint density at radius 2 is 1.95 bits per heavy atom. The highest BCUT2D eigenvalue weighted by Gasteiger charge is 2.24. The fourth-order valence-electron chi connectivity index (χ4n) is 2.75. The zero-order valence-corrected chi connectivity index (χ0v) is 13.7. The molecule has 116 valence electrons. The lowest BCUT2D eigenvalue weighted by molar-refractivity contribution is -0.00571. The average molecular weight is 319 g/mol. The number of hydrogen-bond donors (Lipinski definition) is 0. The first-order valence-electron chi connectivity index (χ1n) is 7.39. The molecule has 1 aliphatic heterocycles. The predicted octanol–water partition coefficient (Wildman–Crippen LogP) is 3.11. The number of aromatic nitrogens is 3. The molecule has 0 spiro atoms. The van der Waals surface area contributed by atoms with E-state index in [1.807, 2.05) is 19.1 Å². The molecular formula is C16H19ClN4O. The Labute approximate surface area is 135 Å². The highest BCUT2D eigenvalue weighted by molar-refractivity contribution is 6.32. The molecule has 1 saturated heterocycles. The van der Waals surface area contributed by atoms with Gasteiger partial charge in [-0.2, -0.15) is 0 Å². The Balaban J connectivity index is 1.89. The lowest BCUT2D eigenvalue weighted by atomic mass is 10.1. The van der Waals surface area contributed by atoms with Gasteiger partial charge in [-0.3, -0.25) is 4.98 Å². The van der Waals surface area contributed by atoms with E-state index >= 15 is 0 Å². The van der Waals surface area contributed by atoms with E-state index in [0.717, 1.165) is 29.9 Å². The van der Waals surface area contributed by atoms with Gasteiger partial charge in [0.1, 0.15) is 5.15 Å². The highest BCUT2D eigenvalue weighted by Crippen LogP contribution is 2.28. The van der Waals surface area contributed by atoms with Gasteiger partial charge in [0.25, 0.3) is 0 Å². The van der Waals surface area contributed by atoms with Gasteiger partial charge in [0.15, 0.2) is 0 Å². The topological polar surface area (TPSA) is 51.1 Å². The molecule has 1 aliphatic rings. The van der Waals surface area contributed by atoms with Crippen LogP contribution in [-0.2, 0) is 4.74 Å². The maximum absolute atomic E-state index is 6.38. The van der Waals surface area contributed by atoms with E-state index in [4.69, 9.17) is 16.3 Å². The standard InChI is InChI=1S/C16H19ClN4O/c1-10-6-13(4-5-18-10)14-7-19-16(20-15(14)17)21-8-11(2)22-12(3)9-21/h4-7,11-12H,8-9H2,1-3H3/t11-,12+. The molecule has 2 aromatic rings. The van der Waals surface area contributed by atoms with E-state index in [1.54, 1.807) is 12.4 Å². The SMILES string of the molecule is Cc1cc(-c2cnc(N3C[C@@H](C)O[C@@H](C)C3)nc2Cl)ccn1. The van der Waals surface area contributed by atoms with E-state index in [-0.39, 0.29) is 12.2 Å². The number of ether oxygens (including phenoxy) is 1. The third kappa shape index (κ3) is 3.20. The van der Waals surface area contributed by atoms with Crippen molar-refractivity contribution in [2.24, 2.45) is 0 Å². The van der Waals surface area contributed by atoms with Crippen molar-refractivity contribution in [3.63, 3.8) is 0 Å². The van der Waals surface area contributed by atoms with E-state index in [2.05, 4.69) is 33.7 Å². The minimum absolute atomic E-state index is 0.161. The van der Waals surface area contributed by atoms with Crippen LogP contribution in [0.3, 0.4) is 0 Å². The molecule has 0 unspecified atom stereocenters.